The van der Waals surface area contributed by atoms with Crippen molar-refractivity contribution >= 4 is 23.7 Å². The number of carbonyl (C=O) groups excluding carboxylic acids is 1. The highest BCUT2D eigenvalue weighted by Gasteiger charge is 2.24. The van der Waals surface area contributed by atoms with E-state index in [4.69, 9.17) is 16.3 Å². The summed E-state index contributed by atoms with van der Waals surface area (Å²) in [7, 11) is 0. The summed E-state index contributed by atoms with van der Waals surface area (Å²) in [6.45, 7) is 5.15. The lowest BCUT2D eigenvalue weighted by Gasteiger charge is -2.22. The lowest BCUT2D eigenvalue weighted by Crippen LogP contribution is -2.44. The SMILES string of the molecule is CC(C)(C)OC(=O)NC(Cc1ccc(CCl)cc1)C(=O)O. The molecule has 6 heteroatoms. The van der Waals surface area contributed by atoms with Gasteiger partial charge in [-0.05, 0) is 31.9 Å². The Balaban J connectivity index is 2.69. The predicted molar refractivity (Wildman–Crippen MR) is 80.5 cm³/mol. The lowest BCUT2D eigenvalue weighted by molar-refractivity contribution is -0.139. The average Bonchev–Trinajstić information content (AvgIpc) is 2.36. The van der Waals surface area contributed by atoms with Crippen molar-refractivity contribution in [3.8, 4) is 0 Å². The molecular formula is C15H20ClNO4. The molecule has 1 unspecified atom stereocenters. The average molecular weight is 314 g/mol. The summed E-state index contributed by atoms with van der Waals surface area (Å²) in [5, 5.41) is 11.6. The molecule has 0 aromatic heterocycles. The van der Waals surface area contributed by atoms with Crippen LogP contribution in [0.5, 0.6) is 0 Å². The first-order valence-electron chi connectivity index (χ1n) is 6.57. The van der Waals surface area contributed by atoms with Crippen LogP contribution in [0.15, 0.2) is 24.3 Å². The molecule has 5 nitrogen and oxygen atoms in total. The highest BCUT2D eigenvalue weighted by molar-refractivity contribution is 6.17. The van der Waals surface area contributed by atoms with Gasteiger partial charge < -0.3 is 15.2 Å². The van der Waals surface area contributed by atoms with E-state index in [2.05, 4.69) is 5.32 Å². The molecule has 116 valence electrons. The minimum atomic E-state index is -1.11. The van der Waals surface area contributed by atoms with Crippen LogP contribution in [0.4, 0.5) is 4.79 Å². The Hall–Kier alpha value is -1.75. The van der Waals surface area contributed by atoms with E-state index in [0.29, 0.717) is 5.88 Å². The van der Waals surface area contributed by atoms with Crippen molar-refractivity contribution in [2.24, 2.45) is 0 Å². The van der Waals surface area contributed by atoms with Gasteiger partial charge in [0.1, 0.15) is 11.6 Å². The number of nitrogens with one attached hydrogen (secondary N) is 1. The number of carboxylic acid groups (broad SMARTS) is 1. The molecule has 0 bridgehead atoms. The summed E-state index contributed by atoms with van der Waals surface area (Å²) >= 11 is 5.70. The number of hydrogen-bond acceptors (Lipinski definition) is 3. The van der Waals surface area contributed by atoms with Gasteiger partial charge in [-0.25, -0.2) is 9.59 Å². The highest BCUT2D eigenvalue weighted by Crippen LogP contribution is 2.11. The Bertz CT molecular complexity index is 493. The van der Waals surface area contributed by atoms with E-state index in [1.807, 2.05) is 12.1 Å². The van der Waals surface area contributed by atoms with Crippen molar-refractivity contribution in [2.75, 3.05) is 0 Å². The van der Waals surface area contributed by atoms with E-state index in [1.54, 1.807) is 32.9 Å². The van der Waals surface area contributed by atoms with Gasteiger partial charge >= 0.3 is 12.1 Å². The van der Waals surface area contributed by atoms with Crippen molar-refractivity contribution < 1.29 is 19.4 Å². The number of rotatable bonds is 5. The maximum atomic E-state index is 11.7. The maximum Gasteiger partial charge on any atom is 0.408 e. The molecule has 1 aromatic rings. The van der Waals surface area contributed by atoms with Crippen LogP contribution in [0.1, 0.15) is 31.9 Å². The van der Waals surface area contributed by atoms with Crippen molar-refractivity contribution in [1.29, 1.82) is 0 Å². The number of benzene rings is 1. The third kappa shape index (κ3) is 6.49. The normalized spacial score (nSPS) is 12.6. The Kier molecular flexibility index (Phi) is 6.03. The first-order valence-corrected chi connectivity index (χ1v) is 7.11. The van der Waals surface area contributed by atoms with Crippen LogP contribution < -0.4 is 5.32 Å². The van der Waals surface area contributed by atoms with Gasteiger partial charge in [-0.15, -0.1) is 11.6 Å². The molecule has 0 heterocycles. The van der Waals surface area contributed by atoms with Crippen molar-refractivity contribution in [3.05, 3.63) is 35.4 Å². The zero-order valence-corrected chi connectivity index (χ0v) is 13.1. The van der Waals surface area contributed by atoms with Crippen LogP contribution in [-0.2, 0) is 21.8 Å². The number of carbonyl (C=O) groups is 2. The van der Waals surface area contributed by atoms with Gasteiger partial charge in [0.2, 0.25) is 0 Å². The molecule has 0 fully saturated rings. The van der Waals surface area contributed by atoms with Gasteiger partial charge in [0.05, 0.1) is 0 Å². The summed E-state index contributed by atoms with van der Waals surface area (Å²) in [4.78, 5) is 22.9. The largest absolute Gasteiger partial charge is 0.480 e. The summed E-state index contributed by atoms with van der Waals surface area (Å²) in [6.07, 6.45) is -0.566. The van der Waals surface area contributed by atoms with Gasteiger partial charge in [0, 0.05) is 12.3 Å². The van der Waals surface area contributed by atoms with Crippen molar-refractivity contribution in [1.82, 2.24) is 5.32 Å². The van der Waals surface area contributed by atoms with E-state index in [-0.39, 0.29) is 6.42 Å². The van der Waals surface area contributed by atoms with Crippen LogP contribution in [0.25, 0.3) is 0 Å². The highest BCUT2D eigenvalue weighted by atomic mass is 35.5. The quantitative estimate of drug-likeness (QED) is 0.819. The molecule has 1 amide bonds. The first kappa shape index (κ1) is 17.3. The molecule has 0 spiro atoms. The van der Waals surface area contributed by atoms with Gasteiger partial charge in [0.25, 0.3) is 0 Å². The van der Waals surface area contributed by atoms with E-state index in [0.717, 1.165) is 11.1 Å². The molecule has 0 aliphatic carbocycles. The van der Waals surface area contributed by atoms with Crippen molar-refractivity contribution in [3.63, 3.8) is 0 Å². The van der Waals surface area contributed by atoms with Gasteiger partial charge in [-0.3, -0.25) is 0 Å². The van der Waals surface area contributed by atoms with Crippen molar-refractivity contribution in [2.45, 2.75) is 44.7 Å². The molecule has 0 radical (unpaired) electrons. The Morgan fingerprint density at radius 1 is 1.24 bits per heavy atom. The Morgan fingerprint density at radius 2 is 1.76 bits per heavy atom. The van der Waals surface area contributed by atoms with Gasteiger partial charge in [-0.2, -0.15) is 0 Å². The fourth-order valence-electron chi connectivity index (χ4n) is 1.65. The zero-order chi connectivity index (χ0) is 16.0. The molecule has 0 aliphatic heterocycles. The molecule has 1 aromatic carbocycles. The fraction of sp³-hybridized carbons (Fsp3) is 0.467. The van der Waals surface area contributed by atoms with Crippen LogP contribution in [0, 0.1) is 0 Å². The predicted octanol–water partition coefficient (Wildman–Crippen LogP) is 2.95. The minimum absolute atomic E-state index is 0.178. The smallest absolute Gasteiger partial charge is 0.408 e. The van der Waals surface area contributed by atoms with E-state index >= 15 is 0 Å². The van der Waals surface area contributed by atoms with Gasteiger partial charge in [-0.1, -0.05) is 24.3 Å². The van der Waals surface area contributed by atoms with E-state index in [9.17, 15) is 14.7 Å². The number of alkyl halides is 1. The molecule has 1 rings (SSSR count). The third-order valence-electron chi connectivity index (χ3n) is 2.61. The second-order valence-electron chi connectivity index (χ2n) is 5.69. The number of alkyl carbamates (subject to hydrolysis) is 1. The molecule has 0 saturated carbocycles. The molecule has 0 aliphatic rings. The standard InChI is InChI=1S/C15H20ClNO4/c1-15(2,3)21-14(20)17-12(13(18)19)8-10-4-6-11(9-16)7-5-10/h4-7,12H,8-9H2,1-3H3,(H,17,20)(H,18,19). The summed E-state index contributed by atoms with van der Waals surface area (Å²) in [5.74, 6) is -0.707. The Labute approximate surface area is 129 Å². The second kappa shape index (κ2) is 7.31. The number of amides is 1. The number of carboxylic acids is 1. The Morgan fingerprint density at radius 3 is 2.19 bits per heavy atom. The minimum Gasteiger partial charge on any atom is -0.480 e. The fourth-order valence-corrected chi connectivity index (χ4v) is 1.83. The zero-order valence-electron chi connectivity index (χ0n) is 12.4. The third-order valence-corrected chi connectivity index (χ3v) is 2.91. The molecular weight excluding hydrogens is 294 g/mol. The summed E-state index contributed by atoms with van der Waals surface area (Å²) < 4.78 is 5.06. The van der Waals surface area contributed by atoms with Gasteiger partial charge in [0.15, 0.2) is 0 Å². The number of halogens is 1. The summed E-state index contributed by atoms with van der Waals surface area (Å²) in [5.41, 5.74) is 1.08. The van der Waals surface area contributed by atoms with Crippen LogP contribution >= 0.6 is 11.6 Å². The second-order valence-corrected chi connectivity index (χ2v) is 5.96. The van der Waals surface area contributed by atoms with Crippen LogP contribution in [-0.4, -0.2) is 28.8 Å². The lowest BCUT2D eigenvalue weighted by atomic mass is 10.0. The van der Waals surface area contributed by atoms with E-state index < -0.39 is 23.7 Å². The summed E-state index contributed by atoms with van der Waals surface area (Å²) in [6, 6.07) is 6.21. The number of hydrogen-bond donors (Lipinski definition) is 2. The van der Waals surface area contributed by atoms with Crippen LogP contribution in [0.3, 0.4) is 0 Å². The molecule has 0 saturated heterocycles. The molecule has 21 heavy (non-hydrogen) atoms. The monoisotopic (exact) mass is 313 g/mol. The van der Waals surface area contributed by atoms with E-state index in [1.165, 1.54) is 0 Å². The number of aliphatic carboxylic acids is 1. The molecule has 1 atom stereocenters. The number of ether oxygens (including phenoxy) is 1. The topological polar surface area (TPSA) is 75.6 Å². The maximum absolute atomic E-state index is 11.7. The van der Waals surface area contributed by atoms with Crippen LogP contribution in [0.2, 0.25) is 0 Å². The first-order chi connectivity index (χ1) is 9.71. The molecule has 2 N–H and O–H groups in total.